The second-order valence-corrected chi connectivity index (χ2v) is 5.01. The number of carbonyl (C=O) groups is 3. The summed E-state index contributed by atoms with van der Waals surface area (Å²) >= 11 is 2.07. The molecular formula is C12H10BaINO5. The van der Waals surface area contributed by atoms with Crippen molar-refractivity contribution >= 4 is 89.3 Å². The number of aliphatic carboxylic acids is 2. The number of rotatable bonds is 6. The first-order chi connectivity index (χ1) is 8.90. The Labute approximate surface area is 169 Å². The fraction of sp³-hybridized carbons (Fsp3) is 0.250. The van der Waals surface area contributed by atoms with Crippen LogP contribution in [0.4, 0.5) is 0 Å². The molecule has 102 valence electrons. The van der Waals surface area contributed by atoms with Gasteiger partial charge in [-0.2, -0.15) is 0 Å². The summed E-state index contributed by atoms with van der Waals surface area (Å²) in [5.41, 5.74) is 0.292. The molecule has 20 heavy (non-hydrogen) atoms. The van der Waals surface area contributed by atoms with E-state index in [2.05, 4.69) is 27.9 Å². The summed E-state index contributed by atoms with van der Waals surface area (Å²) in [5.74, 6) is -3.50. The fourth-order valence-corrected chi connectivity index (χ4v) is 1.71. The maximum absolute atomic E-state index is 11.7. The number of carbonyl (C=O) groups excluding carboxylic acids is 3. The van der Waals surface area contributed by atoms with Crippen LogP contribution in [0.25, 0.3) is 0 Å². The van der Waals surface area contributed by atoms with Crippen molar-refractivity contribution in [1.29, 1.82) is 0 Å². The number of amides is 1. The Morgan fingerprint density at radius 3 is 2.15 bits per heavy atom. The van der Waals surface area contributed by atoms with Gasteiger partial charge < -0.3 is 25.1 Å². The monoisotopic (exact) mass is 513 g/mol. The Morgan fingerprint density at radius 1 is 1.15 bits per heavy atom. The maximum atomic E-state index is 11.7. The molecule has 0 aliphatic carbocycles. The predicted octanol–water partition coefficient (Wildman–Crippen LogP) is -1.71. The molecule has 0 unspecified atom stereocenters. The summed E-state index contributed by atoms with van der Waals surface area (Å²) in [5, 5.41) is 23.3. The van der Waals surface area contributed by atoms with Crippen LogP contribution in [0.1, 0.15) is 23.2 Å². The first-order valence-corrected chi connectivity index (χ1v) is 6.45. The molecule has 1 rings (SSSR count). The van der Waals surface area contributed by atoms with Crippen LogP contribution in [0.3, 0.4) is 0 Å². The van der Waals surface area contributed by atoms with E-state index in [0.717, 1.165) is 3.57 Å². The number of hydrogen-bond donors (Lipinski definition) is 1. The molecule has 0 saturated heterocycles. The van der Waals surface area contributed by atoms with Gasteiger partial charge in [0.15, 0.2) is 0 Å². The molecule has 1 aromatic carbocycles. The number of hydrogen-bond acceptors (Lipinski definition) is 5. The minimum atomic E-state index is -1.53. The first-order valence-electron chi connectivity index (χ1n) is 5.37. The van der Waals surface area contributed by atoms with E-state index in [1.807, 2.05) is 0 Å². The average molecular weight is 512 g/mol. The van der Waals surface area contributed by atoms with Gasteiger partial charge in [-0.15, -0.1) is 0 Å². The summed E-state index contributed by atoms with van der Waals surface area (Å²) in [6.07, 6.45) is -0.744. The Balaban J connectivity index is 0.00000361. The van der Waals surface area contributed by atoms with Crippen LogP contribution < -0.4 is 15.5 Å². The minimum absolute atomic E-state index is 0. The third-order valence-corrected chi connectivity index (χ3v) is 3.05. The van der Waals surface area contributed by atoms with Crippen LogP contribution in [0.2, 0.25) is 0 Å². The van der Waals surface area contributed by atoms with Gasteiger partial charge in [-0.1, -0.05) is 0 Å². The summed E-state index contributed by atoms with van der Waals surface area (Å²) < 4.78 is 0.933. The predicted molar refractivity (Wildman–Crippen MR) is 75.4 cm³/mol. The van der Waals surface area contributed by atoms with Gasteiger partial charge in [0.1, 0.15) is 0 Å². The quantitative estimate of drug-likeness (QED) is 0.361. The van der Waals surface area contributed by atoms with Crippen molar-refractivity contribution < 1.29 is 24.6 Å². The molecule has 0 aliphatic heterocycles. The van der Waals surface area contributed by atoms with Gasteiger partial charge >= 0.3 is 48.9 Å². The first kappa shape index (κ1) is 19.9. The zero-order valence-electron chi connectivity index (χ0n) is 10.4. The molecule has 0 saturated carbocycles. The molecule has 1 amide bonds. The van der Waals surface area contributed by atoms with Gasteiger partial charge in [0.2, 0.25) is 0 Å². The second kappa shape index (κ2) is 9.79. The van der Waals surface area contributed by atoms with Gasteiger partial charge in [0, 0.05) is 15.1 Å². The number of benzene rings is 1. The molecule has 0 heterocycles. The molecular weight excluding hydrogens is 502 g/mol. The van der Waals surface area contributed by atoms with Crippen molar-refractivity contribution in [2.24, 2.45) is 0 Å². The van der Waals surface area contributed by atoms with Crippen molar-refractivity contribution in [3.63, 3.8) is 0 Å². The third kappa shape index (κ3) is 7.09. The van der Waals surface area contributed by atoms with Gasteiger partial charge in [0.25, 0.3) is 5.91 Å². The van der Waals surface area contributed by atoms with Crippen LogP contribution in [0.15, 0.2) is 24.3 Å². The van der Waals surface area contributed by atoms with E-state index >= 15 is 0 Å². The van der Waals surface area contributed by atoms with Crippen molar-refractivity contribution in [1.82, 2.24) is 5.32 Å². The van der Waals surface area contributed by atoms with E-state index in [0.29, 0.717) is 5.56 Å². The van der Waals surface area contributed by atoms with E-state index in [4.69, 9.17) is 0 Å². The molecule has 0 bridgehead atoms. The van der Waals surface area contributed by atoms with Crippen molar-refractivity contribution in [2.75, 3.05) is 0 Å². The maximum Gasteiger partial charge on any atom is 2.00 e. The Bertz CT molecular complexity index is 491. The molecule has 0 spiro atoms. The van der Waals surface area contributed by atoms with Crippen LogP contribution in [0.5, 0.6) is 0 Å². The number of halogens is 1. The number of carboxylic acid groups (broad SMARTS) is 2. The molecule has 1 N–H and O–H groups in total. The zero-order chi connectivity index (χ0) is 14.4. The largest absolute Gasteiger partial charge is 2.00 e. The summed E-state index contributed by atoms with van der Waals surface area (Å²) in [6.45, 7) is 0. The van der Waals surface area contributed by atoms with Gasteiger partial charge in [-0.25, -0.2) is 0 Å². The molecule has 1 aromatic rings. The standard InChI is InChI=1S/C12H12INO5.Ba/c13-8-3-1-7(2-4-8)11(17)14-9(12(18)19)5-6-10(15)16;/h1-4,9H,5-6H2,(H,14,17)(H,15,16)(H,18,19);/q;+2/p-2/t9-;/m0./s1. The normalized spacial score (nSPS) is 11.1. The topological polar surface area (TPSA) is 109 Å². The van der Waals surface area contributed by atoms with Gasteiger partial charge in [-0.05, 0) is 59.7 Å². The fourth-order valence-electron chi connectivity index (χ4n) is 1.35. The van der Waals surface area contributed by atoms with Crippen molar-refractivity contribution in [3.05, 3.63) is 33.4 Å². The minimum Gasteiger partial charge on any atom is -0.550 e. The molecule has 1 atom stereocenters. The Morgan fingerprint density at radius 2 is 1.70 bits per heavy atom. The van der Waals surface area contributed by atoms with Crippen LogP contribution in [-0.4, -0.2) is 72.8 Å². The second-order valence-electron chi connectivity index (χ2n) is 3.76. The summed E-state index contributed by atoms with van der Waals surface area (Å²) in [7, 11) is 0. The van der Waals surface area contributed by atoms with Gasteiger partial charge in [-0.3, -0.25) is 4.79 Å². The number of carboxylic acids is 2. The molecule has 0 fully saturated rings. The molecule has 0 radical (unpaired) electrons. The van der Waals surface area contributed by atoms with E-state index in [1.54, 1.807) is 24.3 Å². The van der Waals surface area contributed by atoms with E-state index in [9.17, 15) is 24.6 Å². The van der Waals surface area contributed by atoms with Crippen LogP contribution >= 0.6 is 22.6 Å². The average Bonchev–Trinajstić information content (AvgIpc) is 2.34. The number of nitrogens with one attached hydrogen (secondary N) is 1. The molecule has 0 aromatic heterocycles. The SMILES string of the molecule is O=C([O-])CC[C@H](NC(=O)c1ccc(I)cc1)C(=O)[O-].[Ba+2]. The van der Waals surface area contributed by atoms with Crippen LogP contribution in [-0.2, 0) is 9.59 Å². The Kier molecular flexibility index (Phi) is 9.76. The molecule has 6 nitrogen and oxygen atoms in total. The van der Waals surface area contributed by atoms with Gasteiger partial charge in [0.05, 0.1) is 12.0 Å². The van der Waals surface area contributed by atoms with E-state index < -0.39 is 30.3 Å². The van der Waals surface area contributed by atoms with Crippen LogP contribution in [0, 0.1) is 3.57 Å². The summed E-state index contributed by atoms with van der Waals surface area (Å²) in [6, 6.07) is 5.13. The van der Waals surface area contributed by atoms with E-state index in [-0.39, 0.29) is 55.3 Å². The van der Waals surface area contributed by atoms with Crippen molar-refractivity contribution in [2.45, 2.75) is 18.9 Å². The smallest absolute Gasteiger partial charge is 0.550 e. The third-order valence-electron chi connectivity index (χ3n) is 2.33. The molecule has 0 aliphatic rings. The zero-order valence-corrected chi connectivity index (χ0v) is 17.0. The van der Waals surface area contributed by atoms with E-state index in [1.165, 1.54) is 0 Å². The van der Waals surface area contributed by atoms with Crippen molar-refractivity contribution in [3.8, 4) is 0 Å². The molecule has 8 heteroatoms. The Hall–Kier alpha value is -0.0686. The summed E-state index contributed by atoms with van der Waals surface area (Å²) in [4.78, 5) is 32.8.